The molecule has 0 bridgehead atoms. The van der Waals surface area contributed by atoms with Crippen molar-refractivity contribution >= 4 is 17.5 Å². The van der Waals surface area contributed by atoms with Crippen molar-refractivity contribution in [3.63, 3.8) is 0 Å². The number of aliphatic carboxylic acids is 1. The molecule has 0 aliphatic heterocycles. The van der Waals surface area contributed by atoms with Crippen LogP contribution in [0.2, 0.25) is 0 Å². The fourth-order valence-corrected chi connectivity index (χ4v) is 2.68. The van der Waals surface area contributed by atoms with Crippen molar-refractivity contribution in [1.82, 2.24) is 0 Å². The lowest BCUT2D eigenvalue weighted by Crippen LogP contribution is -2.21. The number of aromatic hydroxyl groups is 1. The predicted molar refractivity (Wildman–Crippen MR) is 80.2 cm³/mol. The molecule has 5 heteroatoms. The molecule has 2 rings (SSSR count). The molecule has 0 saturated carbocycles. The molecular formula is C17H18O5. The molecule has 1 aliphatic rings. The number of carbonyl (C=O) groups is 3. The van der Waals surface area contributed by atoms with Crippen LogP contribution in [0.3, 0.4) is 0 Å². The molecule has 0 atom stereocenters. The monoisotopic (exact) mass is 302 g/mol. The van der Waals surface area contributed by atoms with Crippen molar-refractivity contribution in [2.24, 2.45) is 0 Å². The van der Waals surface area contributed by atoms with Crippen LogP contribution in [0.25, 0.3) is 0 Å². The van der Waals surface area contributed by atoms with Gasteiger partial charge in [0, 0.05) is 23.1 Å². The van der Waals surface area contributed by atoms with E-state index in [1.54, 1.807) is 19.1 Å². The first-order chi connectivity index (χ1) is 10.4. The van der Waals surface area contributed by atoms with Gasteiger partial charge >= 0.3 is 5.97 Å². The zero-order chi connectivity index (χ0) is 16.3. The van der Waals surface area contributed by atoms with Crippen molar-refractivity contribution in [3.05, 3.63) is 40.5 Å². The van der Waals surface area contributed by atoms with Gasteiger partial charge in [-0.15, -0.1) is 0 Å². The van der Waals surface area contributed by atoms with E-state index in [0.29, 0.717) is 36.8 Å². The fraction of sp³-hybridized carbons (Fsp3) is 0.353. The topological polar surface area (TPSA) is 91.7 Å². The third-order valence-electron chi connectivity index (χ3n) is 3.90. The number of carbonyl (C=O) groups excluding carboxylic acids is 2. The van der Waals surface area contributed by atoms with Gasteiger partial charge in [-0.2, -0.15) is 0 Å². The average Bonchev–Trinajstić information content (AvgIpc) is 2.47. The summed E-state index contributed by atoms with van der Waals surface area (Å²) in [6, 6.07) is 4.49. The van der Waals surface area contributed by atoms with Gasteiger partial charge in [0.05, 0.1) is 5.56 Å². The van der Waals surface area contributed by atoms with E-state index in [0.717, 1.165) is 0 Å². The lowest BCUT2D eigenvalue weighted by Gasteiger charge is -2.19. The van der Waals surface area contributed by atoms with E-state index in [1.165, 1.54) is 6.07 Å². The lowest BCUT2D eigenvalue weighted by molar-refractivity contribution is -0.137. The van der Waals surface area contributed by atoms with Crippen molar-refractivity contribution in [2.75, 3.05) is 0 Å². The summed E-state index contributed by atoms with van der Waals surface area (Å²) in [7, 11) is 0. The van der Waals surface area contributed by atoms with Gasteiger partial charge in [-0.05, 0) is 32.3 Å². The van der Waals surface area contributed by atoms with Crippen LogP contribution in [0, 0.1) is 0 Å². The number of Topliss-reactive ketones (excluding diaryl/α,β-unsaturated/α-hetero) is 2. The molecule has 0 aromatic heterocycles. The molecule has 0 radical (unpaired) electrons. The number of carboxylic acid groups (broad SMARTS) is 1. The summed E-state index contributed by atoms with van der Waals surface area (Å²) >= 11 is 0. The van der Waals surface area contributed by atoms with Crippen molar-refractivity contribution in [2.45, 2.75) is 39.0 Å². The minimum Gasteiger partial charge on any atom is -0.507 e. The van der Waals surface area contributed by atoms with Crippen LogP contribution in [-0.2, 0) is 4.79 Å². The van der Waals surface area contributed by atoms with Crippen LogP contribution < -0.4 is 0 Å². The summed E-state index contributed by atoms with van der Waals surface area (Å²) in [6.07, 6.45) is 2.39. The third kappa shape index (κ3) is 3.08. The van der Waals surface area contributed by atoms with Gasteiger partial charge in [0.1, 0.15) is 5.75 Å². The number of ketones is 2. The van der Waals surface area contributed by atoms with Crippen molar-refractivity contribution in [3.8, 4) is 5.75 Å². The van der Waals surface area contributed by atoms with E-state index >= 15 is 0 Å². The molecule has 0 heterocycles. The number of unbranched alkanes of at least 4 members (excludes halogenated alkanes) is 2. The molecule has 5 nitrogen and oxygen atoms in total. The smallest absolute Gasteiger partial charge is 0.303 e. The molecule has 0 amide bonds. The Bertz CT molecular complexity index is 670. The number of hydrogen-bond acceptors (Lipinski definition) is 4. The van der Waals surface area contributed by atoms with Crippen LogP contribution in [0.15, 0.2) is 29.3 Å². The Morgan fingerprint density at radius 3 is 2.50 bits per heavy atom. The maximum atomic E-state index is 12.5. The highest BCUT2D eigenvalue weighted by atomic mass is 16.4. The summed E-state index contributed by atoms with van der Waals surface area (Å²) in [6.45, 7) is 1.62. The second-order valence-electron chi connectivity index (χ2n) is 5.42. The highest BCUT2D eigenvalue weighted by Crippen LogP contribution is 2.33. The minimum absolute atomic E-state index is 0.0821. The molecule has 0 fully saturated rings. The summed E-state index contributed by atoms with van der Waals surface area (Å²) in [5.74, 6) is -1.54. The predicted octanol–water partition coefficient (Wildman–Crippen LogP) is 3.12. The first-order valence-corrected chi connectivity index (χ1v) is 7.26. The van der Waals surface area contributed by atoms with Crippen LogP contribution in [0.1, 0.15) is 59.7 Å². The molecule has 0 saturated heterocycles. The molecule has 2 N–H and O–H groups in total. The number of allylic oxidation sites excluding steroid dienone is 2. The average molecular weight is 302 g/mol. The van der Waals surface area contributed by atoms with E-state index in [1.807, 2.05) is 0 Å². The normalized spacial score (nSPS) is 14.2. The van der Waals surface area contributed by atoms with Gasteiger partial charge in [0.15, 0.2) is 11.6 Å². The number of rotatable bonds is 6. The third-order valence-corrected chi connectivity index (χ3v) is 3.90. The zero-order valence-electron chi connectivity index (χ0n) is 12.4. The number of carboxylic acids is 1. The molecule has 22 heavy (non-hydrogen) atoms. The first-order valence-electron chi connectivity index (χ1n) is 7.26. The first kappa shape index (κ1) is 15.9. The van der Waals surface area contributed by atoms with E-state index in [-0.39, 0.29) is 34.9 Å². The molecule has 0 spiro atoms. The van der Waals surface area contributed by atoms with Crippen molar-refractivity contribution in [1.29, 1.82) is 0 Å². The van der Waals surface area contributed by atoms with E-state index in [4.69, 9.17) is 5.11 Å². The van der Waals surface area contributed by atoms with Gasteiger partial charge < -0.3 is 10.2 Å². The van der Waals surface area contributed by atoms with Gasteiger partial charge in [-0.3, -0.25) is 14.4 Å². The number of phenols is 1. The molecule has 1 aliphatic carbocycles. The SMILES string of the molecule is CC1=C(CCCCCC(=O)O)C(=O)c2c(O)cccc2C1=O. The Morgan fingerprint density at radius 2 is 1.82 bits per heavy atom. The van der Waals surface area contributed by atoms with Crippen LogP contribution in [-0.4, -0.2) is 27.7 Å². The molecule has 1 aromatic carbocycles. The largest absolute Gasteiger partial charge is 0.507 e. The Hall–Kier alpha value is -2.43. The highest BCUT2D eigenvalue weighted by Gasteiger charge is 2.31. The maximum Gasteiger partial charge on any atom is 0.303 e. The van der Waals surface area contributed by atoms with Gasteiger partial charge in [-0.25, -0.2) is 0 Å². The quantitative estimate of drug-likeness (QED) is 0.788. The van der Waals surface area contributed by atoms with Crippen LogP contribution in [0.5, 0.6) is 5.75 Å². The summed E-state index contributed by atoms with van der Waals surface area (Å²) in [4.78, 5) is 35.3. The van der Waals surface area contributed by atoms with Crippen LogP contribution in [0.4, 0.5) is 0 Å². The fourth-order valence-electron chi connectivity index (χ4n) is 2.68. The van der Waals surface area contributed by atoms with Crippen molar-refractivity contribution < 1.29 is 24.6 Å². The second kappa shape index (κ2) is 6.56. The van der Waals surface area contributed by atoms with Crippen LogP contribution >= 0.6 is 0 Å². The van der Waals surface area contributed by atoms with E-state index < -0.39 is 5.97 Å². The summed E-state index contributed by atoms with van der Waals surface area (Å²) < 4.78 is 0. The lowest BCUT2D eigenvalue weighted by atomic mass is 9.82. The van der Waals surface area contributed by atoms with E-state index in [9.17, 15) is 19.5 Å². The Kier molecular flexibility index (Phi) is 4.75. The van der Waals surface area contributed by atoms with Gasteiger partial charge in [0.2, 0.25) is 0 Å². The Balaban J connectivity index is 2.13. The van der Waals surface area contributed by atoms with Gasteiger partial charge in [-0.1, -0.05) is 18.6 Å². The Morgan fingerprint density at radius 1 is 1.09 bits per heavy atom. The molecule has 0 unspecified atom stereocenters. The minimum atomic E-state index is -0.835. The number of benzene rings is 1. The highest BCUT2D eigenvalue weighted by molar-refractivity contribution is 6.27. The second-order valence-corrected chi connectivity index (χ2v) is 5.42. The number of fused-ring (bicyclic) bond motifs is 1. The van der Waals surface area contributed by atoms with E-state index in [2.05, 4.69) is 0 Å². The number of phenolic OH excluding ortho intramolecular Hbond substituents is 1. The molecule has 1 aromatic rings. The molecular weight excluding hydrogens is 284 g/mol. The maximum absolute atomic E-state index is 12.5. The zero-order valence-corrected chi connectivity index (χ0v) is 12.4. The standard InChI is InChI=1S/C17H18O5/c1-10-11(6-3-2-4-9-14(19)20)17(22)15-12(16(10)21)7-5-8-13(15)18/h5,7-8,18H,2-4,6,9H2,1H3,(H,19,20). The number of hydrogen-bond donors (Lipinski definition) is 2. The summed E-state index contributed by atoms with van der Waals surface area (Å²) in [5.41, 5.74) is 1.17. The molecule has 116 valence electrons. The Labute approximate surface area is 128 Å². The van der Waals surface area contributed by atoms with Gasteiger partial charge in [0.25, 0.3) is 0 Å². The summed E-state index contributed by atoms with van der Waals surface area (Å²) in [5, 5.41) is 18.4.